The molecule has 0 saturated heterocycles. The average molecular weight is 364 g/mol. The molecule has 2 N–H and O–H groups in total. The predicted octanol–water partition coefficient (Wildman–Crippen LogP) is 3.44. The lowest BCUT2D eigenvalue weighted by Gasteiger charge is -2.28. The topological polar surface area (TPSA) is 58.2 Å². The van der Waals surface area contributed by atoms with E-state index in [4.69, 9.17) is 0 Å². The molecule has 4 rings (SSSR count). The maximum Gasteiger partial charge on any atom is 0.239 e. The highest BCUT2D eigenvalue weighted by Gasteiger charge is 2.42. The number of benzene rings is 2. The summed E-state index contributed by atoms with van der Waals surface area (Å²) in [5.41, 5.74) is 0.987. The van der Waals surface area contributed by atoms with Gasteiger partial charge in [0.25, 0.3) is 0 Å². The largest absolute Gasteiger partial charge is 0.352 e. The lowest BCUT2D eigenvalue weighted by molar-refractivity contribution is -0.126. The molecular weight excluding hydrogens is 336 g/mol. The number of carbonyl (C=O) groups is 2. The van der Waals surface area contributed by atoms with E-state index in [-0.39, 0.29) is 30.8 Å². The number of carbonyl (C=O) groups excluding carboxylic acids is 2. The van der Waals surface area contributed by atoms with Crippen molar-refractivity contribution in [1.82, 2.24) is 10.6 Å². The van der Waals surface area contributed by atoms with Crippen molar-refractivity contribution in [2.45, 2.75) is 45.1 Å². The van der Waals surface area contributed by atoms with Gasteiger partial charge in [0.15, 0.2) is 0 Å². The lowest BCUT2D eigenvalue weighted by atomic mass is 9.84. The summed E-state index contributed by atoms with van der Waals surface area (Å²) in [7, 11) is 0. The van der Waals surface area contributed by atoms with Crippen LogP contribution in [-0.2, 0) is 16.0 Å². The summed E-state index contributed by atoms with van der Waals surface area (Å²) in [5.74, 6) is 2.07. The van der Waals surface area contributed by atoms with Crippen molar-refractivity contribution < 1.29 is 9.59 Å². The standard InChI is InChI=1S/C23H28N2O2/c1-15(21-12-16-9-10-19(21)11-16)25-23(27)14-24-22(26)13-18-7-4-6-17-5-2-3-8-20(17)18/h2-8,15-16,19,21H,9-14H2,1H3,(H,24,26)(H,25,27). The van der Waals surface area contributed by atoms with Gasteiger partial charge < -0.3 is 10.6 Å². The molecule has 142 valence electrons. The van der Waals surface area contributed by atoms with Crippen LogP contribution in [0.15, 0.2) is 42.5 Å². The van der Waals surface area contributed by atoms with Crippen molar-refractivity contribution >= 4 is 22.6 Å². The molecule has 2 aromatic carbocycles. The van der Waals surface area contributed by atoms with E-state index < -0.39 is 0 Å². The van der Waals surface area contributed by atoms with Gasteiger partial charge in [0.2, 0.25) is 11.8 Å². The molecule has 2 amide bonds. The summed E-state index contributed by atoms with van der Waals surface area (Å²) in [5, 5.41) is 8.09. The van der Waals surface area contributed by atoms with Crippen LogP contribution in [0.4, 0.5) is 0 Å². The molecule has 0 radical (unpaired) electrons. The first-order valence-electron chi connectivity index (χ1n) is 10.1. The van der Waals surface area contributed by atoms with Gasteiger partial charge in [-0.25, -0.2) is 0 Å². The maximum atomic E-state index is 12.3. The molecule has 2 aromatic rings. The van der Waals surface area contributed by atoms with Crippen LogP contribution in [0.2, 0.25) is 0 Å². The van der Waals surface area contributed by atoms with Gasteiger partial charge in [0.05, 0.1) is 13.0 Å². The van der Waals surface area contributed by atoms with Gasteiger partial charge in [0.1, 0.15) is 0 Å². The number of rotatable bonds is 6. The molecule has 2 aliphatic carbocycles. The molecule has 2 saturated carbocycles. The Kier molecular flexibility index (Phi) is 5.15. The van der Waals surface area contributed by atoms with Crippen LogP contribution in [-0.4, -0.2) is 24.4 Å². The van der Waals surface area contributed by atoms with Crippen LogP contribution in [0.5, 0.6) is 0 Å². The Hall–Kier alpha value is -2.36. The van der Waals surface area contributed by atoms with Crippen LogP contribution in [0.1, 0.15) is 38.2 Å². The zero-order valence-electron chi connectivity index (χ0n) is 15.9. The zero-order chi connectivity index (χ0) is 18.8. The number of nitrogens with one attached hydrogen (secondary N) is 2. The molecular formula is C23H28N2O2. The Balaban J connectivity index is 1.27. The van der Waals surface area contributed by atoms with E-state index in [1.165, 1.54) is 25.7 Å². The molecule has 4 unspecified atom stereocenters. The zero-order valence-corrected chi connectivity index (χ0v) is 15.9. The number of hydrogen-bond acceptors (Lipinski definition) is 2. The Labute approximate surface area is 160 Å². The quantitative estimate of drug-likeness (QED) is 0.825. The molecule has 4 nitrogen and oxygen atoms in total. The van der Waals surface area contributed by atoms with Gasteiger partial charge in [-0.15, -0.1) is 0 Å². The minimum atomic E-state index is -0.117. The van der Waals surface area contributed by atoms with Crippen LogP contribution >= 0.6 is 0 Å². The fraction of sp³-hybridized carbons (Fsp3) is 0.478. The molecule has 4 atom stereocenters. The van der Waals surface area contributed by atoms with Gasteiger partial charge in [-0.2, -0.15) is 0 Å². The van der Waals surface area contributed by atoms with Crippen LogP contribution < -0.4 is 10.6 Å². The third kappa shape index (κ3) is 4.00. The highest BCUT2D eigenvalue weighted by atomic mass is 16.2. The monoisotopic (exact) mass is 364 g/mol. The highest BCUT2D eigenvalue weighted by Crippen LogP contribution is 2.49. The van der Waals surface area contributed by atoms with Gasteiger partial charge in [-0.05, 0) is 60.3 Å². The first-order valence-corrected chi connectivity index (χ1v) is 10.1. The molecule has 4 heteroatoms. The second-order valence-electron chi connectivity index (χ2n) is 8.29. The molecule has 2 aliphatic rings. The van der Waals surface area contributed by atoms with Gasteiger partial charge in [-0.3, -0.25) is 9.59 Å². The minimum absolute atomic E-state index is 0.0504. The average Bonchev–Trinajstić information content (AvgIpc) is 3.30. The molecule has 0 aliphatic heterocycles. The Bertz CT molecular complexity index is 842. The number of amides is 2. The van der Waals surface area contributed by atoms with Gasteiger partial charge in [0, 0.05) is 6.04 Å². The van der Waals surface area contributed by atoms with Crippen LogP contribution in [0.25, 0.3) is 10.8 Å². The van der Waals surface area contributed by atoms with Crippen molar-refractivity contribution in [1.29, 1.82) is 0 Å². The fourth-order valence-electron chi connectivity index (χ4n) is 5.18. The van der Waals surface area contributed by atoms with Crippen molar-refractivity contribution in [2.24, 2.45) is 17.8 Å². The van der Waals surface area contributed by atoms with Gasteiger partial charge >= 0.3 is 0 Å². The van der Waals surface area contributed by atoms with Crippen LogP contribution in [0, 0.1) is 17.8 Å². The highest BCUT2D eigenvalue weighted by molar-refractivity contribution is 5.91. The maximum absolute atomic E-state index is 12.3. The van der Waals surface area contributed by atoms with E-state index in [0.717, 1.165) is 28.2 Å². The van der Waals surface area contributed by atoms with Crippen molar-refractivity contribution in [3.63, 3.8) is 0 Å². The van der Waals surface area contributed by atoms with Crippen molar-refractivity contribution in [2.75, 3.05) is 6.54 Å². The van der Waals surface area contributed by atoms with E-state index >= 15 is 0 Å². The summed E-state index contributed by atoms with van der Waals surface area (Å²) in [6.45, 7) is 2.16. The van der Waals surface area contributed by atoms with E-state index in [2.05, 4.69) is 17.6 Å². The normalized spacial score (nSPS) is 24.7. The Morgan fingerprint density at radius 1 is 1.04 bits per heavy atom. The summed E-state index contributed by atoms with van der Waals surface area (Å²) in [6, 6.07) is 14.2. The Morgan fingerprint density at radius 2 is 1.85 bits per heavy atom. The fourth-order valence-corrected chi connectivity index (χ4v) is 5.18. The molecule has 2 fully saturated rings. The molecule has 27 heavy (non-hydrogen) atoms. The number of hydrogen-bond donors (Lipinski definition) is 2. The minimum Gasteiger partial charge on any atom is -0.352 e. The SMILES string of the molecule is CC(NC(=O)CNC(=O)Cc1cccc2ccccc12)C1CC2CCC1C2. The number of fused-ring (bicyclic) bond motifs is 3. The summed E-state index contributed by atoms with van der Waals surface area (Å²) < 4.78 is 0. The summed E-state index contributed by atoms with van der Waals surface area (Å²) in [6.07, 6.45) is 5.56. The Morgan fingerprint density at radius 3 is 2.63 bits per heavy atom. The summed E-state index contributed by atoms with van der Waals surface area (Å²) in [4.78, 5) is 24.6. The second-order valence-corrected chi connectivity index (χ2v) is 8.29. The summed E-state index contributed by atoms with van der Waals surface area (Å²) >= 11 is 0. The molecule has 2 bridgehead atoms. The van der Waals surface area contributed by atoms with E-state index in [9.17, 15) is 9.59 Å². The van der Waals surface area contributed by atoms with Gasteiger partial charge in [-0.1, -0.05) is 48.9 Å². The first-order chi connectivity index (χ1) is 13.1. The lowest BCUT2D eigenvalue weighted by Crippen LogP contribution is -2.45. The van der Waals surface area contributed by atoms with E-state index in [1.54, 1.807) is 0 Å². The molecule has 0 heterocycles. The predicted molar refractivity (Wildman–Crippen MR) is 107 cm³/mol. The van der Waals surface area contributed by atoms with E-state index in [1.807, 2.05) is 42.5 Å². The first kappa shape index (κ1) is 18.0. The van der Waals surface area contributed by atoms with Crippen molar-refractivity contribution in [3.05, 3.63) is 48.0 Å². The van der Waals surface area contributed by atoms with Crippen molar-refractivity contribution in [3.8, 4) is 0 Å². The third-order valence-corrected chi connectivity index (χ3v) is 6.50. The molecule has 0 aromatic heterocycles. The van der Waals surface area contributed by atoms with E-state index in [0.29, 0.717) is 5.92 Å². The third-order valence-electron chi connectivity index (χ3n) is 6.50. The van der Waals surface area contributed by atoms with Crippen LogP contribution in [0.3, 0.4) is 0 Å². The molecule has 0 spiro atoms. The second kappa shape index (κ2) is 7.71. The smallest absolute Gasteiger partial charge is 0.239 e.